The molecule has 40 heavy (non-hydrogen) atoms. The lowest BCUT2D eigenvalue weighted by molar-refractivity contribution is -0.141. The number of nitrogens with two attached hydrogens (primary N) is 1. The summed E-state index contributed by atoms with van der Waals surface area (Å²) in [5.74, 6) is -5.86. The molecule has 3 rings (SSSR count). The fraction of sp³-hybridized carbons (Fsp3) is 0.520. The predicted octanol–water partition coefficient (Wildman–Crippen LogP) is -0.0487. The number of aliphatic hydroxyl groups is 3. The van der Waals surface area contributed by atoms with Crippen LogP contribution in [0.1, 0.15) is 32.1 Å². The molecule has 15 heteroatoms. The molecule has 6 atom stereocenters. The number of anilines is 1. The Morgan fingerprint density at radius 2 is 1.85 bits per heavy atom. The van der Waals surface area contributed by atoms with Gasteiger partial charge in [0.05, 0.1) is 6.61 Å². The van der Waals surface area contributed by atoms with Crippen molar-refractivity contribution in [1.29, 1.82) is 0 Å². The lowest BCUT2D eigenvalue weighted by Gasteiger charge is -2.24. The maximum absolute atomic E-state index is 14.4. The van der Waals surface area contributed by atoms with Gasteiger partial charge in [0.25, 0.3) is 5.91 Å². The second-order valence-corrected chi connectivity index (χ2v) is 9.81. The largest absolute Gasteiger partial charge is 0.394 e. The Morgan fingerprint density at radius 3 is 2.40 bits per heavy atom. The molecule has 2 aromatic rings. The molecule has 1 aliphatic heterocycles. The van der Waals surface area contributed by atoms with Gasteiger partial charge in [-0.1, -0.05) is 44.2 Å². The number of nitrogens with one attached hydrogen (secondary N) is 2. The van der Waals surface area contributed by atoms with E-state index < -0.39 is 66.7 Å². The molecule has 0 bridgehead atoms. The minimum atomic E-state index is -3.89. The third-order valence-corrected chi connectivity index (χ3v) is 6.22. The molecule has 1 saturated heterocycles. The first kappa shape index (κ1) is 33.2. The number of halogens is 3. The molecule has 222 valence electrons. The van der Waals surface area contributed by atoms with E-state index in [-0.39, 0.29) is 37.0 Å². The highest BCUT2D eigenvalue weighted by atomic mass is 35.5. The topological polar surface area (TPSA) is 189 Å². The van der Waals surface area contributed by atoms with Crippen molar-refractivity contribution in [2.45, 2.75) is 69.2 Å². The van der Waals surface area contributed by atoms with Crippen LogP contribution in [0.2, 0.25) is 0 Å². The van der Waals surface area contributed by atoms with Crippen LogP contribution < -0.4 is 22.1 Å². The summed E-state index contributed by atoms with van der Waals surface area (Å²) in [4.78, 5) is 41.7. The van der Waals surface area contributed by atoms with Crippen molar-refractivity contribution < 1.29 is 38.4 Å². The molecule has 7 N–H and O–H groups in total. The van der Waals surface area contributed by atoms with Crippen molar-refractivity contribution in [3.63, 3.8) is 0 Å². The van der Waals surface area contributed by atoms with Crippen molar-refractivity contribution in [3.8, 4) is 0 Å². The number of hydrogen-bond acceptors (Lipinski definition) is 9. The first-order valence-electron chi connectivity index (χ1n) is 12.3. The summed E-state index contributed by atoms with van der Waals surface area (Å²) in [5.41, 5.74) is 5.61. The first-order valence-corrected chi connectivity index (χ1v) is 12.3. The Kier molecular flexibility index (Phi) is 11.7. The molecule has 1 aliphatic rings. The van der Waals surface area contributed by atoms with Gasteiger partial charge in [0.2, 0.25) is 12.1 Å². The minimum absolute atomic E-state index is 0. The number of carbonyl (C=O) groups is 2. The molecule has 2 amide bonds. The second-order valence-electron chi connectivity index (χ2n) is 9.81. The lowest BCUT2D eigenvalue weighted by Crippen LogP contribution is -2.53. The maximum atomic E-state index is 14.4. The Hall–Kier alpha value is -3.01. The standard InChI is InChI=1S/C25H33F2N5O7.ClH/c1-13(2)10-16(29-22(37)19(34)15(28)11-14-6-4-3-5-7-14)21(36)30-18-8-9-32(24(38)31-18)23-25(26,27)20(35)17(12-33)39-23;/h3-9,13,15-17,19-20,23,33-35H,10-12,28H2,1-2H3,(H,29,37)(H,30,31,36,38);1H/t15-,16+,17-,19+,20-,23-;/m1./s1. The molecule has 1 fully saturated rings. The highest BCUT2D eigenvalue weighted by Crippen LogP contribution is 2.41. The second kappa shape index (κ2) is 14.1. The van der Waals surface area contributed by atoms with Crippen LogP contribution in [0.15, 0.2) is 47.4 Å². The van der Waals surface area contributed by atoms with Gasteiger partial charge in [0.1, 0.15) is 24.1 Å². The number of carbonyl (C=O) groups excluding carboxylic acids is 2. The van der Waals surface area contributed by atoms with Crippen molar-refractivity contribution in [3.05, 3.63) is 58.6 Å². The van der Waals surface area contributed by atoms with E-state index in [4.69, 9.17) is 15.6 Å². The number of alkyl halides is 2. The van der Waals surface area contributed by atoms with E-state index in [2.05, 4.69) is 15.6 Å². The molecular weight excluding hydrogens is 556 g/mol. The summed E-state index contributed by atoms with van der Waals surface area (Å²) in [7, 11) is 0. The van der Waals surface area contributed by atoms with Gasteiger partial charge >= 0.3 is 11.6 Å². The zero-order valence-corrected chi connectivity index (χ0v) is 22.6. The van der Waals surface area contributed by atoms with E-state index in [0.29, 0.717) is 4.57 Å². The smallest absolute Gasteiger partial charge is 0.351 e. The first-order chi connectivity index (χ1) is 18.3. The van der Waals surface area contributed by atoms with E-state index in [1.54, 1.807) is 38.1 Å². The normalized spacial score (nSPS) is 22.2. The Balaban J connectivity index is 0.00000560. The molecule has 1 aromatic heterocycles. The molecule has 0 spiro atoms. The minimum Gasteiger partial charge on any atom is -0.394 e. The van der Waals surface area contributed by atoms with Crippen LogP contribution in [-0.2, 0) is 20.7 Å². The van der Waals surface area contributed by atoms with Crippen LogP contribution in [0.4, 0.5) is 14.6 Å². The summed E-state index contributed by atoms with van der Waals surface area (Å²) in [6.07, 6.45) is -6.49. The highest BCUT2D eigenvalue weighted by molar-refractivity contribution is 5.97. The summed E-state index contributed by atoms with van der Waals surface area (Å²) in [6, 6.07) is 8.00. The van der Waals surface area contributed by atoms with Gasteiger partial charge in [-0.2, -0.15) is 13.8 Å². The molecule has 1 aromatic carbocycles. The number of amides is 2. The molecule has 0 aliphatic carbocycles. The molecule has 0 radical (unpaired) electrons. The molecular formula is C25H34ClF2N5O7. The van der Waals surface area contributed by atoms with Crippen molar-refractivity contribution in [1.82, 2.24) is 14.9 Å². The van der Waals surface area contributed by atoms with E-state index in [9.17, 15) is 33.4 Å². The zero-order chi connectivity index (χ0) is 28.9. The van der Waals surface area contributed by atoms with Crippen LogP contribution >= 0.6 is 12.4 Å². The average Bonchev–Trinajstić information content (AvgIpc) is 3.11. The monoisotopic (exact) mass is 589 g/mol. The van der Waals surface area contributed by atoms with E-state index >= 15 is 0 Å². The molecule has 0 unspecified atom stereocenters. The predicted molar refractivity (Wildman–Crippen MR) is 142 cm³/mol. The van der Waals surface area contributed by atoms with Crippen LogP contribution in [0.5, 0.6) is 0 Å². The van der Waals surface area contributed by atoms with Gasteiger partial charge in [0.15, 0.2) is 6.10 Å². The van der Waals surface area contributed by atoms with Crippen LogP contribution in [-0.4, -0.2) is 79.6 Å². The van der Waals surface area contributed by atoms with Gasteiger partial charge in [-0.15, -0.1) is 12.4 Å². The third-order valence-electron chi connectivity index (χ3n) is 6.22. The number of rotatable bonds is 11. The average molecular weight is 590 g/mol. The number of benzene rings is 1. The van der Waals surface area contributed by atoms with E-state index in [1.807, 2.05) is 6.07 Å². The number of ether oxygens (including phenoxy) is 1. The molecule has 0 saturated carbocycles. The van der Waals surface area contributed by atoms with Crippen molar-refractivity contribution in [2.75, 3.05) is 11.9 Å². The molecule has 2 heterocycles. The van der Waals surface area contributed by atoms with Crippen molar-refractivity contribution >= 4 is 30.0 Å². The number of nitrogens with zero attached hydrogens (tertiary/aromatic N) is 2. The van der Waals surface area contributed by atoms with Crippen LogP contribution in [0, 0.1) is 5.92 Å². The Morgan fingerprint density at radius 1 is 1.20 bits per heavy atom. The summed E-state index contributed by atoms with van der Waals surface area (Å²) in [6.45, 7) is 2.72. The summed E-state index contributed by atoms with van der Waals surface area (Å²) < 4.78 is 34.2. The third kappa shape index (κ3) is 7.80. The van der Waals surface area contributed by atoms with Gasteiger partial charge in [-0.25, -0.2) is 4.79 Å². The van der Waals surface area contributed by atoms with Crippen molar-refractivity contribution in [2.24, 2.45) is 11.7 Å². The fourth-order valence-corrected chi connectivity index (χ4v) is 4.14. The molecule has 12 nitrogen and oxygen atoms in total. The number of aliphatic hydroxyl groups excluding tert-OH is 3. The Bertz CT molecular complexity index is 1200. The summed E-state index contributed by atoms with van der Waals surface area (Å²) >= 11 is 0. The van der Waals surface area contributed by atoms with Gasteiger partial charge in [0, 0.05) is 12.2 Å². The number of hydrogen-bond donors (Lipinski definition) is 6. The zero-order valence-electron chi connectivity index (χ0n) is 21.8. The van der Waals surface area contributed by atoms with Gasteiger partial charge in [-0.3, -0.25) is 14.2 Å². The fourth-order valence-electron chi connectivity index (χ4n) is 4.14. The highest BCUT2D eigenvalue weighted by Gasteiger charge is 2.59. The SMILES string of the molecule is CC(C)C[C@H](NC(=O)[C@@H](O)[C@H](N)Cc1ccccc1)C(=O)Nc1ccn([C@@H]2O[C@H](CO)[C@@H](O)C2(F)F)c(=O)n1.Cl. The van der Waals surface area contributed by atoms with E-state index in [0.717, 1.165) is 17.8 Å². The van der Waals surface area contributed by atoms with Crippen LogP contribution in [0.3, 0.4) is 0 Å². The Labute approximate surface area is 235 Å². The van der Waals surface area contributed by atoms with E-state index in [1.165, 1.54) is 0 Å². The maximum Gasteiger partial charge on any atom is 0.351 e. The summed E-state index contributed by atoms with van der Waals surface area (Å²) in [5, 5.41) is 34.1. The van der Waals surface area contributed by atoms with Gasteiger partial charge < -0.3 is 36.4 Å². The number of aromatic nitrogens is 2. The quantitative estimate of drug-likeness (QED) is 0.209. The lowest BCUT2D eigenvalue weighted by atomic mass is 9.99. The van der Waals surface area contributed by atoms with Crippen LogP contribution in [0.25, 0.3) is 0 Å². The van der Waals surface area contributed by atoms with Gasteiger partial charge in [-0.05, 0) is 30.4 Å².